The number of primary amides is 1. The number of nitrogens with two attached hydrogens (primary N) is 1. The van der Waals surface area contributed by atoms with Crippen LogP contribution in [0.4, 0.5) is 13.6 Å². The second-order valence-corrected chi connectivity index (χ2v) is 9.36. The summed E-state index contributed by atoms with van der Waals surface area (Å²) in [6.45, 7) is 4.74. The molecule has 10 heteroatoms. The Balaban J connectivity index is 2.35. The second-order valence-electron chi connectivity index (χ2n) is 9.36. The van der Waals surface area contributed by atoms with Crippen LogP contribution in [0.15, 0.2) is 0 Å². The number of aliphatic hydroxyl groups is 1. The molecule has 0 saturated heterocycles. The lowest BCUT2D eigenvalue weighted by Gasteiger charge is -2.48. The Kier molecular flexibility index (Phi) is 6.46. The summed E-state index contributed by atoms with van der Waals surface area (Å²) < 4.78 is 28.8. The Morgan fingerprint density at radius 1 is 1.24 bits per heavy atom. The Bertz CT molecular complexity index is 655. The Morgan fingerprint density at radius 3 is 2.14 bits per heavy atom. The first-order valence-electron chi connectivity index (χ1n) is 9.85. The van der Waals surface area contributed by atoms with Crippen LogP contribution in [0.3, 0.4) is 0 Å². The van der Waals surface area contributed by atoms with E-state index in [0.29, 0.717) is 12.8 Å². The number of nitrogens with zero attached hydrogens (tertiary/aromatic N) is 1. The van der Waals surface area contributed by atoms with Crippen LogP contribution in [0.2, 0.25) is 0 Å². The third kappa shape index (κ3) is 4.96. The smallest absolute Gasteiger partial charge is 0.408 e. The van der Waals surface area contributed by atoms with Gasteiger partial charge in [-0.1, -0.05) is 12.8 Å². The van der Waals surface area contributed by atoms with Crippen molar-refractivity contribution in [3.8, 4) is 0 Å². The first kappa shape index (κ1) is 23.3. The Hall–Kier alpha value is -1.97. The lowest BCUT2D eigenvalue weighted by atomic mass is 9.70. The number of carbonyl (C=O) groups excluding carboxylic acids is 2. The van der Waals surface area contributed by atoms with Crippen LogP contribution >= 0.6 is 0 Å². The molecule has 2 aliphatic carbocycles. The molecule has 2 atom stereocenters. The number of hydrogen-bond donors (Lipinski definition) is 4. The van der Waals surface area contributed by atoms with Gasteiger partial charge in [0, 0.05) is 24.8 Å². The monoisotopic (exact) mass is 419 g/mol. The minimum atomic E-state index is -1.84. The zero-order valence-corrected chi connectivity index (χ0v) is 17.1. The zero-order chi connectivity index (χ0) is 22.2. The predicted molar refractivity (Wildman–Crippen MR) is 101 cm³/mol. The van der Waals surface area contributed by atoms with E-state index < -0.39 is 53.0 Å². The number of aliphatic hydroxyl groups excluding tert-OH is 1. The molecule has 5 N–H and O–H groups in total. The van der Waals surface area contributed by atoms with Gasteiger partial charge in [0.05, 0.1) is 5.54 Å². The number of amides is 3. The molecule has 0 aromatic rings. The third-order valence-corrected chi connectivity index (χ3v) is 5.94. The van der Waals surface area contributed by atoms with Gasteiger partial charge in [0.25, 0.3) is 0 Å². The van der Waals surface area contributed by atoms with Gasteiger partial charge in [-0.15, -0.1) is 0 Å². The summed E-state index contributed by atoms with van der Waals surface area (Å²) in [7, 11) is 0. The number of carboxylic acid groups (broad SMARTS) is 1. The van der Waals surface area contributed by atoms with Crippen LogP contribution in [0, 0.1) is 0 Å². The maximum Gasteiger partial charge on any atom is 0.408 e. The van der Waals surface area contributed by atoms with Crippen LogP contribution in [-0.4, -0.2) is 68.1 Å². The summed E-state index contributed by atoms with van der Waals surface area (Å²) in [6, 6.07) is -1.41. The number of halogens is 2. The molecule has 0 aromatic carbocycles. The SMILES string of the molecule is CC(C)(C)N(C(=O)O)C(CC1(F)CCCC1)C(=O)NC1([C@H](O)C(N)=O)CC(F)C1. The molecule has 8 nitrogen and oxygen atoms in total. The summed E-state index contributed by atoms with van der Waals surface area (Å²) in [5.41, 5.74) is 0.786. The van der Waals surface area contributed by atoms with Gasteiger partial charge in [-0.05, 0) is 33.6 Å². The van der Waals surface area contributed by atoms with E-state index in [0.717, 1.165) is 4.90 Å². The fraction of sp³-hybridized carbons (Fsp3) is 0.842. The molecule has 0 heterocycles. The number of alkyl halides is 2. The van der Waals surface area contributed by atoms with Crippen molar-refractivity contribution in [1.82, 2.24) is 10.2 Å². The molecule has 0 aromatic heterocycles. The van der Waals surface area contributed by atoms with Gasteiger partial charge >= 0.3 is 6.09 Å². The van der Waals surface area contributed by atoms with Gasteiger partial charge in [0.15, 0.2) is 6.10 Å². The fourth-order valence-electron chi connectivity index (χ4n) is 4.47. The van der Waals surface area contributed by atoms with Crippen molar-refractivity contribution in [2.24, 2.45) is 5.73 Å². The molecule has 2 aliphatic rings. The molecule has 0 radical (unpaired) electrons. The van der Waals surface area contributed by atoms with Crippen LogP contribution < -0.4 is 11.1 Å². The highest BCUT2D eigenvalue weighted by Gasteiger charge is 2.55. The lowest BCUT2D eigenvalue weighted by molar-refractivity contribution is -0.144. The van der Waals surface area contributed by atoms with E-state index >= 15 is 4.39 Å². The highest BCUT2D eigenvalue weighted by molar-refractivity contribution is 5.88. The van der Waals surface area contributed by atoms with Gasteiger partial charge < -0.3 is 21.3 Å². The molecule has 2 rings (SSSR count). The van der Waals surface area contributed by atoms with E-state index in [2.05, 4.69) is 5.32 Å². The van der Waals surface area contributed by atoms with Crippen molar-refractivity contribution >= 4 is 17.9 Å². The van der Waals surface area contributed by atoms with Crippen molar-refractivity contribution in [3.63, 3.8) is 0 Å². The van der Waals surface area contributed by atoms with E-state index in [-0.39, 0.29) is 32.1 Å². The highest BCUT2D eigenvalue weighted by Crippen LogP contribution is 2.41. The van der Waals surface area contributed by atoms with Crippen LogP contribution in [0.5, 0.6) is 0 Å². The van der Waals surface area contributed by atoms with E-state index in [9.17, 15) is 29.0 Å². The van der Waals surface area contributed by atoms with Crippen LogP contribution in [0.1, 0.15) is 65.7 Å². The van der Waals surface area contributed by atoms with Crippen molar-refractivity contribution < 1.29 is 33.4 Å². The molecular weight excluding hydrogens is 388 g/mol. The molecular formula is C19H31F2N3O5. The third-order valence-electron chi connectivity index (χ3n) is 5.94. The minimum Gasteiger partial charge on any atom is -0.465 e. The van der Waals surface area contributed by atoms with E-state index in [4.69, 9.17) is 5.73 Å². The summed E-state index contributed by atoms with van der Waals surface area (Å²) in [5, 5.41) is 22.3. The van der Waals surface area contributed by atoms with Crippen LogP contribution in [-0.2, 0) is 9.59 Å². The molecule has 166 valence electrons. The minimum absolute atomic E-state index is 0.218. The van der Waals surface area contributed by atoms with Gasteiger partial charge in [-0.2, -0.15) is 0 Å². The first-order chi connectivity index (χ1) is 13.2. The summed E-state index contributed by atoms with van der Waals surface area (Å²) in [4.78, 5) is 37.4. The van der Waals surface area contributed by atoms with Crippen molar-refractivity contribution in [2.75, 3.05) is 0 Å². The fourth-order valence-corrected chi connectivity index (χ4v) is 4.47. The van der Waals surface area contributed by atoms with Crippen molar-refractivity contribution in [2.45, 2.75) is 101 Å². The van der Waals surface area contributed by atoms with E-state index in [1.54, 1.807) is 20.8 Å². The number of hydrogen-bond acceptors (Lipinski definition) is 4. The highest BCUT2D eigenvalue weighted by atomic mass is 19.1. The molecule has 0 aliphatic heterocycles. The molecule has 3 amide bonds. The molecule has 1 unspecified atom stereocenters. The molecule has 0 spiro atoms. The quantitative estimate of drug-likeness (QED) is 0.498. The molecule has 0 bridgehead atoms. The molecule has 2 fully saturated rings. The van der Waals surface area contributed by atoms with Crippen LogP contribution in [0.25, 0.3) is 0 Å². The standard InChI is InChI=1S/C19H31F2N3O5/c1-17(2,3)24(16(28)29)12(10-18(21)6-4-5-7-18)15(27)23-19(8-11(20)9-19)13(25)14(22)26/h11-13,25H,4-10H2,1-3H3,(H2,22,26)(H,23,27)(H,28,29)/t11?,12?,13-,19?/m1/s1. The second kappa shape index (κ2) is 8.04. The van der Waals surface area contributed by atoms with Gasteiger partial charge in [0.2, 0.25) is 11.8 Å². The predicted octanol–water partition coefficient (Wildman–Crippen LogP) is 1.64. The number of rotatable bonds is 7. The molecule has 29 heavy (non-hydrogen) atoms. The first-order valence-corrected chi connectivity index (χ1v) is 9.85. The lowest BCUT2D eigenvalue weighted by Crippen LogP contribution is -2.70. The van der Waals surface area contributed by atoms with Gasteiger partial charge in [-0.25, -0.2) is 13.6 Å². The maximum atomic E-state index is 15.2. The summed E-state index contributed by atoms with van der Waals surface area (Å²) in [6.07, 6.45) is -3.89. The van der Waals surface area contributed by atoms with Crippen molar-refractivity contribution in [3.05, 3.63) is 0 Å². The van der Waals surface area contributed by atoms with Gasteiger partial charge in [-0.3, -0.25) is 14.5 Å². The topological polar surface area (TPSA) is 133 Å². The van der Waals surface area contributed by atoms with Crippen molar-refractivity contribution in [1.29, 1.82) is 0 Å². The average Bonchev–Trinajstić information content (AvgIpc) is 2.96. The Labute approximate surface area is 168 Å². The van der Waals surface area contributed by atoms with E-state index in [1.807, 2.05) is 0 Å². The normalized spacial score (nSPS) is 28.1. The number of carbonyl (C=O) groups is 3. The Morgan fingerprint density at radius 2 is 1.76 bits per heavy atom. The number of nitrogens with one attached hydrogen (secondary N) is 1. The zero-order valence-electron chi connectivity index (χ0n) is 17.1. The summed E-state index contributed by atoms with van der Waals surface area (Å²) in [5.74, 6) is -2.00. The maximum absolute atomic E-state index is 15.2. The van der Waals surface area contributed by atoms with Gasteiger partial charge in [0.1, 0.15) is 17.9 Å². The largest absolute Gasteiger partial charge is 0.465 e. The molecule has 2 saturated carbocycles. The van der Waals surface area contributed by atoms with E-state index in [1.165, 1.54) is 0 Å². The average molecular weight is 419 g/mol. The summed E-state index contributed by atoms with van der Waals surface area (Å²) >= 11 is 0.